The number of rotatable bonds is 5. The number of halogens is 2. The molecule has 0 atom stereocenters. The van der Waals surface area contributed by atoms with Crippen LogP contribution in [0.15, 0.2) is 41.0 Å². The van der Waals surface area contributed by atoms with E-state index >= 15 is 0 Å². The Hall–Kier alpha value is -1.95. The number of aromatic nitrogens is 1. The lowest BCUT2D eigenvalue weighted by Crippen LogP contribution is -2.16. The topological polar surface area (TPSA) is 54.0 Å². The van der Waals surface area contributed by atoms with E-state index in [0.717, 1.165) is 6.42 Å². The SMILES string of the molecule is CCCNc1ncccc1C(=O)Nc1cc(Br)ccc1F. The van der Waals surface area contributed by atoms with Crippen molar-refractivity contribution < 1.29 is 9.18 Å². The summed E-state index contributed by atoms with van der Waals surface area (Å²) in [5.74, 6) is -0.399. The van der Waals surface area contributed by atoms with Crippen LogP contribution in [0.4, 0.5) is 15.9 Å². The molecule has 2 rings (SSSR count). The number of hydrogen-bond donors (Lipinski definition) is 2. The number of nitrogens with one attached hydrogen (secondary N) is 2. The van der Waals surface area contributed by atoms with E-state index in [1.165, 1.54) is 12.1 Å². The van der Waals surface area contributed by atoms with Crippen molar-refractivity contribution in [1.29, 1.82) is 0 Å². The third kappa shape index (κ3) is 4.01. The number of benzene rings is 1. The summed E-state index contributed by atoms with van der Waals surface area (Å²) in [6, 6.07) is 7.70. The van der Waals surface area contributed by atoms with Gasteiger partial charge in [0, 0.05) is 17.2 Å². The predicted molar refractivity (Wildman–Crippen MR) is 85.1 cm³/mol. The van der Waals surface area contributed by atoms with Gasteiger partial charge < -0.3 is 10.6 Å². The summed E-state index contributed by atoms with van der Waals surface area (Å²) in [5.41, 5.74) is 0.505. The molecule has 21 heavy (non-hydrogen) atoms. The number of carbonyl (C=O) groups excluding carboxylic acids is 1. The van der Waals surface area contributed by atoms with Crippen LogP contribution in [0.25, 0.3) is 0 Å². The van der Waals surface area contributed by atoms with Gasteiger partial charge in [-0.25, -0.2) is 9.37 Å². The Balaban J connectivity index is 2.22. The van der Waals surface area contributed by atoms with E-state index in [-0.39, 0.29) is 5.69 Å². The van der Waals surface area contributed by atoms with Crippen LogP contribution >= 0.6 is 15.9 Å². The van der Waals surface area contributed by atoms with Gasteiger partial charge in [0.05, 0.1) is 11.3 Å². The second-order valence-corrected chi connectivity index (χ2v) is 5.32. The molecule has 0 aliphatic rings. The molecule has 4 nitrogen and oxygen atoms in total. The second kappa shape index (κ2) is 7.17. The van der Waals surface area contributed by atoms with Crippen molar-refractivity contribution in [3.8, 4) is 0 Å². The van der Waals surface area contributed by atoms with Crippen molar-refractivity contribution in [1.82, 2.24) is 4.98 Å². The smallest absolute Gasteiger partial charge is 0.259 e. The highest BCUT2D eigenvalue weighted by Crippen LogP contribution is 2.21. The molecule has 0 saturated heterocycles. The largest absolute Gasteiger partial charge is 0.369 e. The fourth-order valence-electron chi connectivity index (χ4n) is 1.76. The molecule has 1 amide bonds. The molecule has 0 bridgehead atoms. The number of anilines is 2. The van der Waals surface area contributed by atoms with Crippen LogP contribution in [-0.4, -0.2) is 17.4 Å². The molecule has 2 N–H and O–H groups in total. The molecule has 2 aromatic rings. The summed E-state index contributed by atoms with van der Waals surface area (Å²) in [6.45, 7) is 2.73. The summed E-state index contributed by atoms with van der Waals surface area (Å²) >= 11 is 3.25. The zero-order valence-corrected chi connectivity index (χ0v) is 13.1. The number of amides is 1. The van der Waals surface area contributed by atoms with Crippen molar-refractivity contribution in [3.63, 3.8) is 0 Å². The highest BCUT2D eigenvalue weighted by atomic mass is 79.9. The molecule has 0 unspecified atom stereocenters. The predicted octanol–water partition coefficient (Wildman–Crippen LogP) is 4.06. The molecule has 1 heterocycles. The van der Waals surface area contributed by atoms with Crippen LogP contribution in [-0.2, 0) is 0 Å². The van der Waals surface area contributed by atoms with Gasteiger partial charge in [-0.15, -0.1) is 0 Å². The monoisotopic (exact) mass is 351 g/mol. The Kier molecular flexibility index (Phi) is 5.27. The summed E-state index contributed by atoms with van der Waals surface area (Å²) < 4.78 is 14.4. The van der Waals surface area contributed by atoms with Gasteiger partial charge in [0.15, 0.2) is 0 Å². The van der Waals surface area contributed by atoms with E-state index in [1.54, 1.807) is 24.4 Å². The number of carbonyl (C=O) groups is 1. The van der Waals surface area contributed by atoms with Gasteiger partial charge in [-0.2, -0.15) is 0 Å². The third-order valence-electron chi connectivity index (χ3n) is 2.77. The standard InChI is InChI=1S/C15H15BrFN3O/c1-2-7-18-14-11(4-3-8-19-14)15(21)20-13-9-10(16)5-6-12(13)17/h3-6,8-9H,2,7H2,1H3,(H,18,19)(H,20,21). The van der Waals surface area contributed by atoms with Crippen molar-refractivity contribution in [2.75, 3.05) is 17.2 Å². The van der Waals surface area contributed by atoms with Crippen LogP contribution < -0.4 is 10.6 Å². The molecule has 0 aliphatic heterocycles. The minimum absolute atomic E-state index is 0.125. The van der Waals surface area contributed by atoms with Crippen LogP contribution in [0.2, 0.25) is 0 Å². The van der Waals surface area contributed by atoms with Gasteiger partial charge in [-0.05, 0) is 36.8 Å². The van der Waals surface area contributed by atoms with E-state index in [2.05, 4.69) is 31.5 Å². The fourth-order valence-corrected chi connectivity index (χ4v) is 2.12. The quantitative estimate of drug-likeness (QED) is 0.853. The van der Waals surface area contributed by atoms with Gasteiger partial charge in [0.1, 0.15) is 11.6 Å². The van der Waals surface area contributed by atoms with E-state index in [1.807, 2.05) is 6.92 Å². The van der Waals surface area contributed by atoms with Crippen LogP contribution in [0.3, 0.4) is 0 Å². The van der Waals surface area contributed by atoms with Gasteiger partial charge in [0.2, 0.25) is 0 Å². The minimum atomic E-state index is -0.487. The molecular formula is C15H15BrFN3O. The first kappa shape index (κ1) is 15.4. The first-order valence-electron chi connectivity index (χ1n) is 6.57. The summed E-state index contributed by atoms with van der Waals surface area (Å²) in [4.78, 5) is 16.4. The lowest BCUT2D eigenvalue weighted by molar-refractivity contribution is 0.102. The molecule has 110 valence electrons. The van der Waals surface area contributed by atoms with Gasteiger partial charge in [-0.1, -0.05) is 22.9 Å². The Morgan fingerprint density at radius 2 is 2.19 bits per heavy atom. The van der Waals surface area contributed by atoms with E-state index in [0.29, 0.717) is 22.4 Å². The maximum absolute atomic E-state index is 13.7. The molecule has 0 radical (unpaired) electrons. The summed E-state index contributed by atoms with van der Waals surface area (Å²) in [5, 5.41) is 5.64. The van der Waals surface area contributed by atoms with Crippen molar-refractivity contribution in [3.05, 3.63) is 52.4 Å². The summed E-state index contributed by atoms with van der Waals surface area (Å²) in [6.07, 6.45) is 2.52. The second-order valence-electron chi connectivity index (χ2n) is 4.40. The third-order valence-corrected chi connectivity index (χ3v) is 3.26. The average Bonchev–Trinajstić information content (AvgIpc) is 2.49. The Bertz CT molecular complexity index is 649. The molecule has 6 heteroatoms. The molecule has 1 aromatic carbocycles. The lowest BCUT2D eigenvalue weighted by Gasteiger charge is -2.11. The van der Waals surface area contributed by atoms with E-state index in [9.17, 15) is 9.18 Å². The number of nitrogens with zero attached hydrogens (tertiary/aromatic N) is 1. The maximum atomic E-state index is 13.7. The van der Waals surface area contributed by atoms with Crippen molar-refractivity contribution >= 4 is 33.3 Å². The number of hydrogen-bond acceptors (Lipinski definition) is 3. The van der Waals surface area contributed by atoms with Crippen LogP contribution in [0.5, 0.6) is 0 Å². The first-order chi connectivity index (χ1) is 10.1. The van der Waals surface area contributed by atoms with Gasteiger partial charge in [0.25, 0.3) is 5.91 Å². The Morgan fingerprint density at radius 1 is 1.38 bits per heavy atom. The van der Waals surface area contributed by atoms with Crippen molar-refractivity contribution in [2.24, 2.45) is 0 Å². The molecule has 0 saturated carbocycles. The van der Waals surface area contributed by atoms with Gasteiger partial charge in [-0.3, -0.25) is 4.79 Å². The van der Waals surface area contributed by atoms with Crippen LogP contribution in [0.1, 0.15) is 23.7 Å². The van der Waals surface area contributed by atoms with E-state index in [4.69, 9.17) is 0 Å². The van der Waals surface area contributed by atoms with Gasteiger partial charge >= 0.3 is 0 Å². The Morgan fingerprint density at radius 3 is 2.95 bits per heavy atom. The average molecular weight is 352 g/mol. The molecule has 0 spiro atoms. The number of pyridine rings is 1. The zero-order chi connectivity index (χ0) is 15.2. The maximum Gasteiger partial charge on any atom is 0.259 e. The highest BCUT2D eigenvalue weighted by molar-refractivity contribution is 9.10. The minimum Gasteiger partial charge on any atom is -0.369 e. The molecule has 0 fully saturated rings. The van der Waals surface area contributed by atoms with E-state index < -0.39 is 11.7 Å². The first-order valence-corrected chi connectivity index (χ1v) is 7.36. The highest BCUT2D eigenvalue weighted by Gasteiger charge is 2.14. The molecular weight excluding hydrogens is 337 g/mol. The summed E-state index contributed by atoms with van der Waals surface area (Å²) in [7, 11) is 0. The normalized spacial score (nSPS) is 10.2. The fraction of sp³-hybridized carbons (Fsp3) is 0.200. The Labute approximate surface area is 130 Å². The molecule has 0 aliphatic carbocycles. The van der Waals surface area contributed by atoms with Crippen LogP contribution in [0, 0.1) is 5.82 Å². The zero-order valence-electron chi connectivity index (χ0n) is 11.5. The molecule has 1 aromatic heterocycles. The lowest BCUT2D eigenvalue weighted by atomic mass is 10.2. The van der Waals surface area contributed by atoms with Crippen molar-refractivity contribution in [2.45, 2.75) is 13.3 Å².